The minimum Gasteiger partial charge on any atom is -0.493 e. The number of ketones is 1. The first kappa shape index (κ1) is 22.8. The molecule has 1 aliphatic rings. The van der Waals surface area contributed by atoms with Crippen molar-refractivity contribution in [3.8, 4) is 17.2 Å². The van der Waals surface area contributed by atoms with Gasteiger partial charge in [-0.3, -0.25) is 14.6 Å². The molecule has 33 heavy (non-hydrogen) atoms. The zero-order valence-corrected chi connectivity index (χ0v) is 19.1. The lowest BCUT2D eigenvalue weighted by molar-refractivity contribution is 0.102. The fourth-order valence-electron chi connectivity index (χ4n) is 3.96. The van der Waals surface area contributed by atoms with E-state index >= 15 is 0 Å². The molecule has 0 unspecified atom stereocenters. The molecule has 1 aromatic heterocycles. The summed E-state index contributed by atoms with van der Waals surface area (Å²) in [5, 5.41) is 3.87. The van der Waals surface area contributed by atoms with Crippen LogP contribution in [-0.2, 0) is 13.1 Å². The lowest BCUT2D eigenvalue weighted by Gasteiger charge is -2.34. The number of hydrogen-bond acceptors (Lipinski definition) is 9. The summed E-state index contributed by atoms with van der Waals surface area (Å²) >= 11 is 0. The molecule has 0 atom stereocenters. The molecule has 9 heteroatoms. The second-order valence-electron chi connectivity index (χ2n) is 7.75. The lowest BCUT2D eigenvalue weighted by atomic mass is 10.1. The third kappa shape index (κ3) is 5.15. The summed E-state index contributed by atoms with van der Waals surface area (Å²) in [6.07, 6.45) is 0. The zero-order chi connectivity index (χ0) is 23.2. The van der Waals surface area contributed by atoms with E-state index in [9.17, 15) is 4.79 Å². The quantitative estimate of drug-likeness (QED) is 0.455. The molecule has 1 saturated heterocycles. The van der Waals surface area contributed by atoms with Gasteiger partial charge >= 0.3 is 0 Å². The minimum absolute atomic E-state index is 0.0929. The summed E-state index contributed by atoms with van der Waals surface area (Å²) in [5.74, 6) is 2.25. The van der Waals surface area contributed by atoms with Crippen LogP contribution in [0.2, 0.25) is 0 Å². The molecule has 4 rings (SSSR count). The van der Waals surface area contributed by atoms with Gasteiger partial charge in [0.1, 0.15) is 0 Å². The van der Waals surface area contributed by atoms with Gasteiger partial charge in [0.25, 0.3) is 0 Å². The summed E-state index contributed by atoms with van der Waals surface area (Å²) in [4.78, 5) is 21.4. The highest BCUT2D eigenvalue weighted by atomic mass is 16.5. The number of carbonyl (C=O) groups excluding carboxylic acids is 1. The number of hydrogen-bond donors (Lipinski definition) is 0. The van der Waals surface area contributed by atoms with Crippen LogP contribution < -0.4 is 14.2 Å². The highest BCUT2D eigenvalue weighted by Crippen LogP contribution is 2.40. The largest absolute Gasteiger partial charge is 0.493 e. The molecule has 2 heterocycles. The second-order valence-corrected chi connectivity index (χ2v) is 7.75. The van der Waals surface area contributed by atoms with Crippen molar-refractivity contribution in [2.24, 2.45) is 0 Å². The van der Waals surface area contributed by atoms with E-state index in [2.05, 4.69) is 19.9 Å². The highest BCUT2D eigenvalue weighted by Gasteiger charge is 2.23. The molecule has 3 aromatic rings. The molecule has 0 saturated carbocycles. The first-order valence-electron chi connectivity index (χ1n) is 10.8. The Hall–Kier alpha value is -3.43. The maximum atomic E-state index is 12.5. The summed E-state index contributed by atoms with van der Waals surface area (Å²) in [5.41, 5.74) is 1.59. The van der Waals surface area contributed by atoms with Crippen molar-refractivity contribution in [1.82, 2.24) is 19.9 Å². The van der Waals surface area contributed by atoms with Crippen molar-refractivity contribution in [2.75, 3.05) is 47.5 Å². The maximum Gasteiger partial charge on any atom is 0.243 e. The number of methoxy groups -OCH3 is 3. The van der Waals surface area contributed by atoms with Crippen molar-refractivity contribution in [3.63, 3.8) is 0 Å². The molecule has 0 radical (unpaired) electrons. The number of rotatable bonds is 9. The van der Waals surface area contributed by atoms with Gasteiger partial charge < -0.3 is 18.7 Å². The van der Waals surface area contributed by atoms with E-state index in [-0.39, 0.29) is 11.6 Å². The first-order valence-corrected chi connectivity index (χ1v) is 10.8. The molecule has 0 spiro atoms. The van der Waals surface area contributed by atoms with Crippen LogP contribution in [0.1, 0.15) is 27.6 Å². The molecule has 174 valence electrons. The highest BCUT2D eigenvalue weighted by molar-refractivity contribution is 6.06. The van der Waals surface area contributed by atoms with Crippen LogP contribution in [0.4, 0.5) is 0 Å². The number of nitrogens with zero attached hydrogens (tertiary/aromatic N) is 4. The number of carbonyl (C=O) groups is 1. The molecule has 0 aliphatic carbocycles. The number of ether oxygens (including phenoxy) is 3. The SMILES string of the molecule is COc1ccc(CN2CCN(Cc3nc(C(=O)c4ccccc4)no3)CC2)c(OC)c1OC. The van der Waals surface area contributed by atoms with Crippen molar-refractivity contribution >= 4 is 5.78 Å². The Bertz CT molecular complexity index is 1080. The van der Waals surface area contributed by atoms with E-state index < -0.39 is 0 Å². The Morgan fingerprint density at radius 3 is 2.18 bits per heavy atom. The maximum absolute atomic E-state index is 12.5. The van der Waals surface area contributed by atoms with Crippen molar-refractivity contribution in [3.05, 3.63) is 65.3 Å². The van der Waals surface area contributed by atoms with Gasteiger partial charge in [-0.15, -0.1) is 0 Å². The van der Waals surface area contributed by atoms with E-state index in [1.807, 2.05) is 30.3 Å². The average molecular weight is 453 g/mol. The Kier molecular flexibility index (Phi) is 7.21. The second kappa shape index (κ2) is 10.5. The number of piperazine rings is 1. The molecule has 0 bridgehead atoms. The third-order valence-corrected chi connectivity index (χ3v) is 5.71. The van der Waals surface area contributed by atoms with E-state index in [1.165, 1.54) is 0 Å². The third-order valence-electron chi connectivity index (χ3n) is 5.71. The molecule has 0 N–H and O–H groups in total. The van der Waals surface area contributed by atoms with Gasteiger partial charge in [-0.25, -0.2) is 0 Å². The predicted molar refractivity (Wildman–Crippen MR) is 121 cm³/mol. The summed E-state index contributed by atoms with van der Waals surface area (Å²) in [7, 11) is 4.86. The van der Waals surface area contributed by atoms with Gasteiger partial charge in [-0.1, -0.05) is 41.6 Å². The van der Waals surface area contributed by atoms with E-state index in [4.69, 9.17) is 18.7 Å². The smallest absolute Gasteiger partial charge is 0.243 e. The Morgan fingerprint density at radius 2 is 1.55 bits per heavy atom. The van der Waals surface area contributed by atoms with E-state index in [0.717, 1.165) is 38.3 Å². The van der Waals surface area contributed by atoms with Crippen LogP contribution in [0, 0.1) is 0 Å². The molecular weight excluding hydrogens is 424 g/mol. The van der Waals surface area contributed by atoms with Gasteiger partial charge in [0.15, 0.2) is 11.5 Å². The lowest BCUT2D eigenvalue weighted by Crippen LogP contribution is -2.45. The Morgan fingerprint density at radius 1 is 0.879 bits per heavy atom. The van der Waals surface area contributed by atoms with Crippen LogP contribution in [0.3, 0.4) is 0 Å². The molecule has 9 nitrogen and oxygen atoms in total. The standard InChI is InChI=1S/C24H28N4O5/c1-30-19-10-9-18(22(31-2)23(19)32-3)15-27-11-13-28(14-12-27)16-20-25-24(26-33-20)21(29)17-7-5-4-6-8-17/h4-10H,11-16H2,1-3H3. The fourth-order valence-corrected chi connectivity index (χ4v) is 3.96. The molecule has 2 aromatic carbocycles. The predicted octanol–water partition coefficient (Wildman–Crippen LogP) is 2.64. The zero-order valence-electron chi connectivity index (χ0n) is 19.1. The van der Waals surface area contributed by atoms with Gasteiger partial charge in [-0.05, 0) is 6.07 Å². The fraction of sp³-hybridized carbons (Fsp3) is 0.375. The summed E-state index contributed by atoms with van der Waals surface area (Å²) in [6, 6.07) is 12.9. The van der Waals surface area contributed by atoms with Gasteiger partial charge in [0.05, 0.1) is 27.9 Å². The minimum atomic E-state index is -0.237. The number of aromatic nitrogens is 2. The normalized spacial score (nSPS) is 14.8. The first-order chi connectivity index (χ1) is 16.1. The molecular formula is C24H28N4O5. The van der Waals surface area contributed by atoms with Crippen LogP contribution in [-0.4, -0.2) is 73.2 Å². The van der Waals surface area contributed by atoms with Crippen LogP contribution in [0.5, 0.6) is 17.2 Å². The monoisotopic (exact) mass is 452 g/mol. The molecule has 1 aliphatic heterocycles. The summed E-state index contributed by atoms with van der Waals surface area (Å²) in [6.45, 7) is 4.71. The van der Waals surface area contributed by atoms with Crippen LogP contribution in [0.25, 0.3) is 0 Å². The Balaban J connectivity index is 1.33. The van der Waals surface area contributed by atoms with Gasteiger partial charge in [0, 0.05) is 43.9 Å². The van der Waals surface area contributed by atoms with Gasteiger partial charge in [0.2, 0.25) is 23.2 Å². The van der Waals surface area contributed by atoms with E-state index in [0.29, 0.717) is 35.2 Å². The van der Waals surface area contributed by atoms with Gasteiger partial charge in [-0.2, -0.15) is 4.98 Å². The van der Waals surface area contributed by atoms with Crippen molar-refractivity contribution in [2.45, 2.75) is 13.1 Å². The Labute approximate surface area is 192 Å². The van der Waals surface area contributed by atoms with Crippen LogP contribution >= 0.6 is 0 Å². The van der Waals surface area contributed by atoms with Crippen molar-refractivity contribution in [1.29, 1.82) is 0 Å². The van der Waals surface area contributed by atoms with Crippen LogP contribution in [0.15, 0.2) is 47.0 Å². The van der Waals surface area contributed by atoms with E-state index in [1.54, 1.807) is 33.5 Å². The average Bonchev–Trinajstić information content (AvgIpc) is 3.33. The summed E-state index contributed by atoms with van der Waals surface area (Å²) < 4.78 is 21.8. The topological polar surface area (TPSA) is 90.2 Å². The van der Waals surface area contributed by atoms with Crippen molar-refractivity contribution < 1.29 is 23.5 Å². The molecule has 1 fully saturated rings. The molecule has 0 amide bonds. The number of benzene rings is 2.